The Bertz CT molecular complexity index is 773. The average molecular weight is 338 g/mol. The van der Waals surface area contributed by atoms with Crippen LogP contribution in [0.25, 0.3) is 0 Å². The molecule has 0 aromatic carbocycles. The molecule has 3 heterocycles. The molecule has 0 saturated heterocycles. The lowest BCUT2D eigenvalue weighted by atomic mass is 10.2. The predicted octanol–water partition coefficient (Wildman–Crippen LogP) is 3.47. The Morgan fingerprint density at radius 1 is 1.21 bits per heavy atom. The van der Waals surface area contributed by atoms with Crippen molar-refractivity contribution in [1.82, 2.24) is 9.97 Å². The highest BCUT2D eigenvalue weighted by atomic mass is 32.1. The van der Waals surface area contributed by atoms with Crippen LogP contribution in [0.1, 0.15) is 15.2 Å². The number of carbonyl (C=O) groups excluding carboxylic acids is 1. The van der Waals surface area contributed by atoms with E-state index in [1.165, 1.54) is 16.9 Å². The monoisotopic (exact) mass is 338 g/mol. The number of thiophene rings is 1. The molecule has 3 aromatic heterocycles. The Hall–Kier alpha value is -2.73. The van der Waals surface area contributed by atoms with Crippen molar-refractivity contribution in [3.8, 4) is 0 Å². The van der Waals surface area contributed by atoms with Crippen molar-refractivity contribution in [2.75, 3.05) is 23.8 Å². The van der Waals surface area contributed by atoms with Crippen LogP contribution < -0.4 is 10.2 Å². The van der Waals surface area contributed by atoms with Crippen molar-refractivity contribution < 1.29 is 4.79 Å². The molecule has 1 amide bonds. The summed E-state index contributed by atoms with van der Waals surface area (Å²) < 4.78 is 0. The van der Waals surface area contributed by atoms with Gasteiger partial charge in [-0.25, -0.2) is 4.98 Å². The van der Waals surface area contributed by atoms with Crippen LogP contribution in [0.2, 0.25) is 0 Å². The molecule has 0 fully saturated rings. The van der Waals surface area contributed by atoms with Gasteiger partial charge in [0.15, 0.2) is 0 Å². The summed E-state index contributed by atoms with van der Waals surface area (Å²) in [6.45, 7) is 0.882. The SMILES string of the molecule is CN(CCc1ccncc1)c1ccc(NC(=O)c2cccs2)nc1. The lowest BCUT2D eigenvalue weighted by molar-refractivity contribution is 0.103. The molecule has 3 aromatic rings. The molecule has 1 N–H and O–H groups in total. The fourth-order valence-corrected chi connectivity index (χ4v) is 2.87. The van der Waals surface area contributed by atoms with E-state index < -0.39 is 0 Å². The lowest BCUT2D eigenvalue weighted by Gasteiger charge is -2.19. The topological polar surface area (TPSA) is 58.1 Å². The molecule has 122 valence electrons. The molecule has 0 unspecified atom stereocenters. The van der Waals surface area contributed by atoms with E-state index in [4.69, 9.17) is 0 Å². The van der Waals surface area contributed by atoms with Crippen LogP contribution in [0.3, 0.4) is 0 Å². The Labute approximate surface area is 145 Å². The van der Waals surface area contributed by atoms with E-state index in [1.54, 1.807) is 12.3 Å². The first-order valence-electron chi connectivity index (χ1n) is 7.63. The van der Waals surface area contributed by atoms with Crippen LogP contribution in [0.15, 0.2) is 60.4 Å². The minimum absolute atomic E-state index is 0.128. The highest BCUT2D eigenvalue weighted by Crippen LogP contribution is 2.16. The van der Waals surface area contributed by atoms with Crippen molar-refractivity contribution in [2.24, 2.45) is 0 Å². The number of carbonyl (C=O) groups is 1. The first kappa shape index (κ1) is 16.1. The van der Waals surface area contributed by atoms with E-state index in [0.717, 1.165) is 18.7 Å². The first-order valence-corrected chi connectivity index (χ1v) is 8.51. The van der Waals surface area contributed by atoms with Gasteiger partial charge in [0, 0.05) is 26.0 Å². The third-order valence-electron chi connectivity index (χ3n) is 3.66. The van der Waals surface area contributed by atoms with Gasteiger partial charge in [-0.1, -0.05) is 6.07 Å². The fraction of sp³-hybridized carbons (Fsp3) is 0.167. The minimum Gasteiger partial charge on any atom is -0.373 e. The number of rotatable bonds is 6. The summed E-state index contributed by atoms with van der Waals surface area (Å²) in [6, 6.07) is 11.5. The summed E-state index contributed by atoms with van der Waals surface area (Å²) in [7, 11) is 2.03. The quantitative estimate of drug-likeness (QED) is 0.748. The maximum Gasteiger partial charge on any atom is 0.266 e. The highest BCUT2D eigenvalue weighted by molar-refractivity contribution is 7.12. The molecule has 0 saturated carbocycles. The minimum atomic E-state index is -0.128. The number of nitrogens with zero attached hydrogens (tertiary/aromatic N) is 3. The van der Waals surface area contributed by atoms with Crippen LogP contribution >= 0.6 is 11.3 Å². The molecule has 6 heteroatoms. The van der Waals surface area contributed by atoms with E-state index in [2.05, 4.69) is 20.2 Å². The highest BCUT2D eigenvalue weighted by Gasteiger charge is 2.08. The molecule has 0 bridgehead atoms. The van der Waals surface area contributed by atoms with Crippen molar-refractivity contribution in [3.05, 3.63) is 70.8 Å². The molecule has 0 spiro atoms. The third-order valence-corrected chi connectivity index (χ3v) is 4.53. The zero-order chi connectivity index (χ0) is 16.8. The van der Waals surface area contributed by atoms with E-state index in [0.29, 0.717) is 10.7 Å². The van der Waals surface area contributed by atoms with Crippen LogP contribution in [0.4, 0.5) is 11.5 Å². The van der Waals surface area contributed by atoms with E-state index in [-0.39, 0.29) is 5.91 Å². The second kappa shape index (κ2) is 7.70. The molecular formula is C18H18N4OS. The van der Waals surface area contributed by atoms with Gasteiger partial charge >= 0.3 is 0 Å². The van der Waals surface area contributed by atoms with Crippen LogP contribution in [0.5, 0.6) is 0 Å². The maximum absolute atomic E-state index is 12.0. The molecule has 5 nitrogen and oxygen atoms in total. The summed E-state index contributed by atoms with van der Waals surface area (Å²) in [5.41, 5.74) is 2.27. The van der Waals surface area contributed by atoms with E-state index >= 15 is 0 Å². The third kappa shape index (κ3) is 4.17. The Kier molecular flexibility index (Phi) is 5.18. The van der Waals surface area contributed by atoms with Gasteiger partial charge in [-0.05, 0) is 47.7 Å². The van der Waals surface area contributed by atoms with Gasteiger partial charge in [0.25, 0.3) is 5.91 Å². The smallest absolute Gasteiger partial charge is 0.266 e. The summed E-state index contributed by atoms with van der Waals surface area (Å²) >= 11 is 1.41. The van der Waals surface area contributed by atoms with Gasteiger partial charge in [0.05, 0.1) is 16.8 Å². The summed E-state index contributed by atoms with van der Waals surface area (Å²) in [6.07, 6.45) is 6.33. The number of hydrogen-bond donors (Lipinski definition) is 1. The Morgan fingerprint density at radius 3 is 2.71 bits per heavy atom. The number of nitrogens with one attached hydrogen (secondary N) is 1. The molecule has 3 rings (SSSR count). The van der Waals surface area contributed by atoms with Gasteiger partial charge in [-0.15, -0.1) is 11.3 Å². The van der Waals surface area contributed by atoms with Gasteiger partial charge < -0.3 is 10.2 Å². The van der Waals surface area contributed by atoms with Gasteiger partial charge in [-0.2, -0.15) is 0 Å². The Balaban J connectivity index is 1.56. The van der Waals surface area contributed by atoms with Crippen molar-refractivity contribution in [3.63, 3.8) is 0 Å². The van der Waals surface area contributed by atoms with Crippen molar-refractivity contribution in [2.45, 2.75) is 6.42 Å². The fourth-order valence-electron chi connectivity index (χ4n) is 2.25. The second-order valence-electron chi connectivity index (χ2n) is 5.36. The number of anilines is 2. The average Bonchev–Trinajstić information content (AvgIpc) is 3.16. The Morgan fingerprint density at radius 2 is 2.04 bits per heavy atom. The molecule has 0 aliphatic carbocycles. The molecule has 0 aliphatic rings. The second-order valence-corrected chi connectivity index (χ2v) is 6.31. The summed E-state index contributed by atoms with van der Waals surface area (Å²) in [4.78, 5) is 23.2. The number of pyridine rings is 2. The predicted molar refractivity (Wildman–Crippen MR) is 97.7 cm³/mol. The van der Waals surface area contributed by atoms with Crippen molar-refractivity contribution >= 4 is 28.7 Å². The van der Waals surface area contributed by atoms with Gasteiger partial charge in [-0.3, -0.25) is 9.78 Å². The maximum atomic E-state index is 12.0. The number of likely N-dealkylation sites (N-methyl/N-ethyl adjacent to an activating group) is 1. The van der Waals surface area contributed by atoms with Gasteiger partial charge in [0.2, 0.25) is 0 Å². The molecular weight excluding hydrogens is 320 g/mol. The van der Waals surface area contributed by atoms with Crippen LogP contribution in [-0.4, -0.2) is 29.5 Å². The number of aromatic nitrogens is 2. The molecule has 24 heavy (non-hydrogen) atoms. The normalized spacial score (nSPS) is 10.4. The standard InChI is InChI=1S/C18H18N4OS/c1-22(11-8-14-6-9-19-10-7-14)15-4-5-17(20-13-15)21-18(23)16-3-2-12-24-16/h2-7,9-10,12-13H,8,11H2,1H3,(H,20,21,23). The van der Waals surface area contributed by atoms with Crippen molar-refractivity contribution in [1.29, 1.82) is 0 Å². The number of amides is 1. The zero-order valence-electron chi connectivity index (χ0n) is 13.3. The summed E-state index contributed by atoms with van der Waals surface area (Å²) in [5, 5.41) is 4.68. The van der Waals surface area contributed by atoms with Crippen LogP contribution in [0, 0.1) is 0 Å². The molecule has 0 radical (unpaired) electrons. The largest absolute Gasteiger partial charge is 0.373 e. The molecule has 0 aliphatic heterocycles. The number of hydrogen-bond acceptors (Lipinski definition) is 5. The van der Waals surface area contributed by atoms with Gasteiger partial charge in [0.1, 0.15) is 5.82 Å². The zero-order valence-corrected chi connectivity index (χ0v) is 14.2. The van der Waals surface area contributed by atoms with E-state index in [9.17, 15) is 4.79 Å². The lowest BCUT2D eigenvalue weighted by Crippen LogP contribution is -2.20. The summed E-state index contributed by atoms with van der Waals surface area (Å²) in [5.74, 6) is 0.427. The van der Waals surface area contributed by atoms with E-state index in [1.807, 2.05) is 55.2 Å². The molecule has 0 atom stereocenters. The van der Waals surface area contributed by atoms with Crippen LogP contribution in [-0.2, 0) is 6.42 Å². The first-order chi connectivity index (χ1) is 11.7.